The Bertz CT molecular complexity index is 848. The number of aromatic nitrogens is 2. The topological polar surface area (TPSA) is 47.1 Å². The average Bonchev–Trinajstić information content (AvgIpc) is 2.94. The van der Waals surface area contributed by atoms with E-state index in [2.05, 4.69) is 31.0 Å². The maximum absolute atomic E-state index is 6.40. The zero-order chi connectivity index (χ0) is 17.3. The number of hydrogen-bond donors (Lipinski definition) is 1. The van der Waals surface area contributed by atoms with Crippen molar-refractivity contribution >= 4 is 22.6 Å². The molecule has 126 valence electrons. The molecule has 0 radical (unpaired) electrons. The maximum atomic E-state index is 6.40. The lowest BCUT2D eigenvalue weighted by Crippen LogP contribution is -1.99. The highest BCUT2D eigenvalue weighted by molar-refractivity contribution is 6.32. The molecule has 1 heterocycles. The van der Waals surface area contributed by atoms with Gasteiger partial charge in [0.25, 0.3) is 0 Å². The molecular weight excluding hydrogens is 324 g/mol. The van der Waals surface area contributed by atoms with E-state index in [0.717, 1.165) is 22.4 Å². The third-order valence-electron chi connectivity index (χ3n) is 3.97. The number of aryl methyl sites for hydroxylation is 2. The molecule has 3 rings (SSSR count). The minimum Gasteiger partial charge on any atom is -0.490 e. The third kappa shape index (κ3) is 3.06. The van der Waals surface area contributed by atoms with Crippen molar-refractivity contribution in [2.45, 2.75) is 27.7 Å². The van der Waals surface area contributed by atoms with Gasteiger partial charge >= 0.3 is 0 Å². The van der Waals surface area contributed by atoms with Gasteiger partial charge in [-0.25, -0.2) is 4.98 Å². The van der Waals surface area contributed by atoms with E-state index in [1.54, 1.807) is 0 Å². The second-order valence-corrected chi connectivity index (χ2v) is 6.10. The molecule has 0 aliphatic heterocycles. The molecule has 1 N–H and O–H groups in total. The number of imidazole rings is 1. The largest absolute Gasteiger partial charge is 0.490 e. The molecule has 5 heteroatoms. The van der Waals surface area contributed by atoms with Crippen LogP contribution in [0.3, 0.4) is 0 Å². The Morgan fingerprint density at radius 2 is 1.71 bits per heavy atom. The molecule has 0 aliphatic carbocycles. The minimum atomic E-state index is 0.519. The second kappa shape index (κ2) is 6.73. The molecule has 0 saturated carbocycles. The summed E-state index contributed by atoms with van der Waals surface area (Å²) in [6, 6.07) is 7.97. The average molecular weight is 345 g/mol. The number of fused-ring (bicyclic) bond motifs is 1. The normalized spacial score (nSPS) is 11.0. The molecule has 0 amide bonds. The van der Waals surface area contributed by atoms with Crippen LogP contribution < -0.4 is 9.47 Å². The van der Waals surface area contributed by atoms with Gasteiger partial charge in [0.15, 0.2) is 11.5 Å². The predicted octanol–water partition coefficient (Wildman–Crippen LogP) is 5.30. The van der Waals surface area contributed by atoms with Crippen LogP contribution in [0.1, 0.15) is 25.0 Å². The van der Waals surface area contributed by atoms with Crippen LogP contribution in [-0.4, -0.2) is 23.2 Å². The Hall–Kier alpha value is -2.20. The summed E-state index contributed by atoms with van der Waals surface area (Å²) in [5.41, 5.74) is 5.28. The molecule has 0 aliphatic rings. The van der Waals surface area contributed by atoms with Crippen molar-refractivity contribution in [1.82, 2.24) is 9.97 Å². The van der Waals surface area contributed by atoms with Crippen LogP contribution in [0, 0.1) is 13.8 Å². The first-order valence-corrected chi connectivity index (χ1v) is 8.47. The number of halogens is 1. The Labute approximate surface area is 146 Å². The quantitative estimate of drug-likeness (QED) is 0.683. The number of aromatic amines is 1. The number of benzene rings is 2. The molecule has 0 atom stereocenters. The first-order valence-electron chi connectivity index (χ1n) is 8.10. The second-order valence-electron chi connectivity index (χ2n) is 5.69. The molecule has 2 aromatic carbocycles. The molecule has 4 nitrogen and oxygen atoms in total. The summed E-state index contributed by atoms with van der Waals surface area (Å²) in [6.45, 7) is 9.11. The Morgan fingerprint density at radius 1 is 1.00 bits per heavy atom. The number of ether oxygens (including phenoxy) is 2. The van der Waals surface area contributed by atoms with E-state index in [4.69, 9.17) is 26.1 Å². The molecule has 1 aromatic heterocycles. The molecule has 3 aromatic rings. The number of hydrogen-bond acceptors (Lipinski definition) is 3. The number of nitrogens with one attached hydrogen (secondary N) is 1. The standard InChI is InChI=1S/C19H21ClN2O2/c1-5-23-17-10-13(9-14(20)18(17)24-6-2)19-21-15-7-11(3)12(4)8-16(15)22-19/h7-10H,5-6H2,1-4H3,(H,21,22). The molecule has 0 bridgehead atoms. The van der Waals surface area contributed by atoms with Gasteiger partial charge in [-0.05, 0) is 63.1 Å². The highest BCUT2D eigenvalue weighted by atomic mass is 35.5. The minimum absolute atomic E-state index is 0.519. The van der Waals surface area contributed by atoms with Gasteiger partial charge in [-0.2, -0.15) is 0 Å². The van der Waals surface area contributed by atoms with E-state index >= 15 is 0 Å². The fourth-order valence-corrected chi connectivity index (χ4v) is 2.92. The van der Waals surface area contributed by atoms with Crippen LogP contribution in [0.25, 0.3) is 22.4 Å². The summed E-state index contributed by atoms with van der Waals surface area (Å²) in [5, 5.41) is 0.519. The lowest BCUT2D eigenvalue weighted by Gasteiger charge is -2.13. The Morgan fingerprint density at radius 3 is 2.42 bits per heavy atom. The van der Waals surface area contributed by atoms with E-state index < -0.39 is 0 Å². The summed E-state index contributed by atoms with van der Waals surface area (Å²) < 4.78 is 11.3. The summed E-state index contributed by atoms with van der Waals surface area (Å²) in [7, 11) is 0. The van der Waals surface area contributed by atoms with Crippen molar-refractivity contribution in [1.29, 1.82) is 0 Å². The molecule has 24 heavy (non-hydrogen) atoms. The summed E-state index contributed by atoms with van der Waals surface area (Å²) >= 11 is 6.40. The van der Waals surface area contributed by atoms with Crippen molar-refractivity contribution in [3.8, 4) is 22.9 Å². The van der Waals surface area contributed by atoms with Crippen molar-refractivity contribution in [2.75, 3.05) is 13.2 Å². The lowest BCUT2D eigenvalue weighted by atomic mass is 10.1. The van der Waals surface area contributed by atoms with Gasteiger partial charge in [-0.15, -0.1) is 0 Å². The van der Waals surface area contributed by atoms with Gasteiger partial charge in [0, 0.05) is 5.56 Å². The van der Waals surface area contributed by atoms with Crippen LogP contribution in [0.5, 0.6) is 11.5 Å². The fraction of sp³-hybridized carbons (Fsp3) is 0.316. The van der Waals surface area contributed by atoms with E-state index in [-0.39, 0.29) is 0 Å². The van der Waals surface area contributed by atoms with E-state index in [1.807, 2.05) is 26.0 Å². The summed E-state index contributed by atoms with van der Waals surface area (Å²) in [4.78, 5) is 8.05. The molecule has 0 saturated heterocycles. The monoisotopic (exact) mass is 344 g/mol. The van der Waals surface area contributed by atoms with Crippen LogP contribution in [0.4, 0.5) is 0 Å². The van der Waals surface area contributed by atoms with Gasteiger partial charge in [0.2, 0.25) is 0 Å². The first kappa shape index (κ1) is 16.7. The Kier molecular flexibility index (Phi) is 4.67. The van der Waals surface area contributed by atoms with Gasteiger partial charge in [-0.3, -0.25) is 0 Å². The summed E-state index contributed by atoms with van der Waals surface area (Å²) in [6.07, 6.45) is 0. The SMILES string of the molecule is CCOc1cc(-c2nc3cc(C)c(C)cc3[nH]2)cc(Cl)c1OCC. The highest BCUT2D eigenvalue weighted by Crippen LogP contribution is 2.39. The van der Waals surface area contributed by atoms with Crippen LogP contribution >= 0.6 is 11.6 Å². The molecular formula is C19H21ClN2O2. The van der Waals surface area contributed by atoms with E-state index in [0.29, 0.717) is 29.7 Å². The van der Waals surface area contributed by atoms with E-state index in [9.17, 15) is 0 Å². The molecule has 0 spiro atoms. The fourth-order valence-electron chi connectivity index (χ4n) is 2.66. The molecule has 0 unspecified atom stereocenters. The highest BCUT2D eigenvalue weighted by Gasteiger charge is 2.15. The number of rotatable bonds is 5. The smallest absolute Gasteiger partial charge is 0.179 e. The van der Waals surface area contributed by atoms with Crippen molar-refractivity contribution in [3.63, 3.8) is 0 Å². The maximum Gasteiger partial charge on any atom is 0.179 e. The first-order chi connectivity index (χ1) is 11.5. The van der Waals surface area contributed by atoms with Gasteiger partial charge in [0.05, 0.1) is 29.3 Å². The van der Waals surface area contributed by atoms with Crippen LogP contribution in [0.15, 0.2) is 24.3 Å². The van der Waals surface area contributed by atoms with Gasteiger partial charge < -0.3 is 14.5 Å². The Balaban J connectivity index is 2.11. The predicted molar refractivity (Wildman–Crippen MR) is 98.4 cm³/mol. The van der Waals surface area contributed by atoms with Gasteiger partial charge in [0.1, 0.15) is 5.82 Å². The van der Waals surface area contributed by atoms with Crippen LogP contribution in [-0.2, 0) is 0 Å². The van der Waals surface area contributed by atoms with Crippen molar-refractivity contribution < 1.29 is 9.47 Å². The number of nitrogens with zero attached hydrogens (tertiary/aromatic N) is 1. The zero-order valence-electron chi connectivity index (χ0n) is 14.4. The third-order valence-corrected chi connectivity index (χ3v) is 4.25. The van der Waals surface area contributed by atoms with E-state index in [1.165, 1.54) is 11.1 Å². The number of H-pyrrole nitrogens is 1. The van der Waals surface area contributed by atoms with Gasteiger partial charge in [-0.1, -0.05) is 11.6 Å². The van der Waals surface area contributed by atoms with Crippen molar-refractivity contribution in [2.24, 2.45) is 0 Å². The van der Waals surface area contributed by atoms with Crippen molar-refractivity contribution in [3.05, 3.63) is 40.4 Å². The van der Waals surface area contributed by atoms with Crippen LogP contribution in [0.2, 0.25) is 5.02 Å². The zero-order valence-corrected chi connectivity index (χ0v) is 15.1. The summed E-state index contributed by atoms with van der Waals surface area (Å²) in [5.74, 6) is 1.98. The molecule has 0 fully saturated rings. The lowest BCUT2D eigenvalue weighted by molar-refractivity contribution is 0.288.